The van der Waals surface area contributed by atoms with E-state index < -0.39 is 0 Å². The van der Waals surface area contributed by atoms with Gasteiger partial charge in [0.15, 0.2) is 0 Å². The Morgan fingerprint density at radius 1 is 1.25 bits per heavy atom. The maximum absolute atomic E-state index is 12.4. The number of rotatable bonds is 5. The Morgan fingerprint density at radius 3 is 2.83 bits per heavy atom. The molecule has 1 amide bonds. The number of carbonyl (C=O) groups is 1. The molecule has 3 rings (SSSR count). The number of aryl methyl sites for hydroxylation is 1. The maximum Gasteiger partial charge on any atom is 0.255 e. The van der Waals surface area contributed by atoms with Crippen LogP contribution < -0.4 is 10.1 Å². The normalized spacial score (nSPS) is 10.4. The summed E-state index contributed by atoms with van der Waals surface area (Å²) in [6.07, 6.45) is 0. The van der Waals surface area contributed by atoms with Gasteiger partial charge in [-0.2, -0.15) is 0 Å². The third kappa shape index (κ3) is 4.55. The zero-order valence-electron chi connectivity index (χ0n) is 13.0. The highest BCUT2D eigenvalue weighted by Gasteiger charge is 2.08. The van der Waals surface area contributed by atoms with E-state index in [0.29, 0.717) is 17.9 Å². The van der Waals surface area contributed by atoms with E-state index in [1.807, 2.05) is 48.7 Å². The lowest BCUT2D eigenvalue weighted by atomic mass is 10.2. The molecular formula is C18H15IN2O2S. The predicted octanol–water partition coefficient (Wildman–Crippen LogP) is 4.89. The number of nitrogens with zero attached hydrogens (tertiary/aromatic N) is 1. The minimum absolute atomic E-state index is 0.160. The molecule has 1 N–H and O–H groups in total. The molecule has 3 aromatic rings. The number of hydrogen-bond acceptors (Lipinski definition) is 4. The Bertz CT molecular complexity index is 863. The zero-order chi connectivity index (χ0) is 16.9. The van der Waals surface area contributed by atoms with Gasteiger partial charge in [-0.1, -0.05) is 12.1 Å². The lowest BCUT2D eigenvalue weighted by molar-refractivity contribution is 0.102. The van der Waals surface area contributed by atoms with Crippen molar-refractivity contribution in [1.82, 2.24) is 4.98 Å². The van der Waals surface area contributed by atoms with Crippen LogP contribution in [-0.2, 0) is 6.61 Å². The van der Waals surface area contributed by atoms with Crippen LogP contribution in [0.5, 0.6) is 5.75 Å². The number of halogens is 1. The number of benzene rings is 2. The molecule has 4 nitrogen and oxygen atoms in total. The topological polar surface area (TPSA) is 51.2 Å². The van der Waals surface area contributed by atoms with Gasteiger partial charge in [0.1, 0.15) is 12.4 Å². The first-order chi connectivity index (χ1) is 11.6. The number of anilines is 1. The Morgan fingerprint density at radius 2 is 2.08 bits per heavy atom. The second kappa shape index (κ2) is 7.76. The Hall–Kier alpha value is -1.93. The molecule has 122 valence electrons. The van der Waals surface area contributed by atoms with E-state index in [1.54, 1.807) is 23.5 Å². The molecule has 0 bridgehead atoms. The van der Waals surface area contributed by atoms with Crippen LogP contribution >= 0.6 is 33.9 Å². The third-order valence-electron chi connectivity index (χ3n) is 3.23. The zero-order valence-corrected chi connectivity index (χ0v) is 15.9. The smallest absolute Gasteiger partial charge is 0.255 e. The van der Waals surface area contributed by atoms with E-state index in [4.69, 9.17) is 4.74 Å². The molecular weight excluding hydrogens is 435 g/mol. The van der Waals surface area contributed by atoms with Crippen molar-refractivity contribution in [2.45, 2.75) is 13.5 Å². The molecule has 0 aliphatic heterocycles. The number of nitrogens with one attached hydrogen (secondary N) is 1. The van der Waals surface area contributed by atoms with E-state index in [9.17, 15) is 4.79 Å². The summed E-state index contributed by atoms with van der Waals surface area (Å²) in [5.41, 5.74) is 2.23. The minimum atomic E-state index is -0.160. The minimum Gasteiger partial charge on any atom is -0.487 e. The number of amides is 1. The van der Waals surface area contributed by atoms with Crippen molar-refractivity contribution in [1.29, 1.82) is 0 Å². The van der Waals surface area contributed by atoms with Crippen molar-refractivity contribution in [2.24, 2.45) is 0 Å². The summed E-state index contributed by atoms with van der Waals surface area (Å²) in [7, 11) is 0. The molecule has 0 aliphatic carbocycles. The molecule has 0 aliphatic rings. The van der Waals surface area contributed by atoms with E-state index in [2.05, 4.69) is 32.9 Å². The quantitative estimate of drug-likeness (QED) is 0.564. The van der Waals surface area contributed by atoms with Gasteiger partial charge < -0.3 is 10.1 Å². The number of hydrogen-bond donors (Lipinski definition) is 1. The Kier molecular flexibility index (Phi) is 5.47. The monoisotopic (exact) mass is 450 g/mol. The number of ether oxygens (including phenoxy) is 1. The SMILES string of the molecule is Cc1nc(COc2cccc(C(=O)Nc3cccc(I)c3)c2)cs1. The maximum atomic E-state index is 12.4. The highest BCUT2D eigenvalue weighted by atomic mass is 127. The molecule has 0 atom stereocenters. The molecule has 24 heavy (non-hydrogen) atoms. The molecule has 0 saturated carbocycles. The van der Waals surface area contributed by atoms with Crippen LogP contribution in [0, 0.1) is 10.5 Å². The van der Waals surface area contributed by atoms with Crippen LogP contribution in [0.3, 0.4) is 0 Å². The van der Waals surface area contributed by atoms with Gasteiger partial charge in [0.2, 0.25) is 0 Å². The lowest BCUT2D eigenvalue weighted by Crippen LogP contribution is -2.12. The first-order valence-corrected chi connectivity index (χ1v) is 9.27. The van der Waals surface area contributed by atoms with Crippen molar-refractivity contribution in [3.05, 3.63) is 73.7 Å². The van der Waals surface area contributed by atoms with Gasteiger partial charge in [0.05, 0.1) is 10.7 Å². The van der Waals surface area contributed by atoms with Gasteiger partial charge in [-0.25, -0.2) is 4.98 Å². The van der Waals surface area contributed by atoms with Crippen LogP contribution in [0.4, 0.5) is 5.69 Å². The highest BCUT2D eigenvalue weighted by Crippen LogP contribution is 2.18. The van der Waals surface area contributed by atoms with Gasteiger partial charge in [-0.05, 0) is 65.9 Å². The van der Waals surface area contributed by atoms with Gasteiger partial charge in [0.25, 0.3) is 5.91 Å². The molecule has 0 fully saturated rings. The predicted molar refractivity (Wildman–Crippen MR) is 105 cm³/mol. The fourth-order valence-electron chi connectivity index (χ4n) is 2.13. The summed E-state index contributed by atoms with van der Waals surface area (Å²) in [5.74, 6) is 0.489. The Labute approximate surface area is 158 Å². The summed E-state index contributed by atoms with van der Waals surface area (Å²) >= 11 is 3.81. The average molecular weight is 450 g/mol. The summed E-state index contributed by atoms with van der Waals surface area (Å²) in [6, 6.07) is 14.8. The van der Waals surface area contributed by atoms with Crippen LogP contribution in [0.2, 0.25) is 0 Å². The van der Waals surface area contributed by atoms with Crippen molar-refractivity contribution in [3.63, 3.8) is 0 Å². The third-order valence-corrected chi connectivity index (χ3v) is 4.73. The van der Waals surface area contributed by atoms with E-state index in [0.717, 1.165) is 20.0 Å². The van der Waals surface area contributed by atoms with Gasteiger partial charge in [0, 0.05) is 20.2 Å². The summed E-state index contributed by atoms with van der Waals surface area (Å²) in [6.45, 7) is 2.36. The standard InChI is InChI=1S/C18H15IN2O2S/c1-12-20-16(11-24-12)10-23-17-7-2-4-13(8-17)18(22)21-15-6-3-5-14(19)9-15/h2-9,11H,10H2,1H3,(H,21,22). The van der Waals surface area contributed by atoms with Crippen molar-refractivity contribution in [3.8, 4) is 5.75 Å². The van der Waals surface area contributed by atoms with Crippen molar-refractivity contribution >= 4 is 45.5 Å². The molecule has 0 unspecified atom stereocenters. The largest absolute Gasteiger partial charge is 0.487 e. The van der Waals surface area contributed by atoms with E-state index in [-0.39, 0.29) is 5.91 Å². The molecule has 2 aromatic carbocycles. The Balaban J connectivity index is 1.66. The first-order valence-electron chi connectivity index (χ1n) is 7.31. The summed E-state index contributed by atoms with van der Waals surface area (Å²) in [4.78, 5) is 16.7. The number of carbonyl (C=O) groups excluding carboxylic acids is 1. The van der Waals surface area contributed by atoms with Gasteiger partial charge >= 0.3 is 0 Å². The molecule has 6 heteroatoms. The van der Waals surface area contributed by atoms with E-state index >= 15 is 0 Å². The number of thiazole rings is 1. The van der Waals surface area contributed by atoms with E-state index in [1.165, 1.54) is 0 Å². The van der Waals surface area contributed by atoms with Crippen LogP contribution in [0.15, 0.2) is 53.9 Å². The highest BCUT2D eigenvalue weighted by molar-refractivity contribution is 14.1. The fourth-order valence-corrected chi connectivity index (χ4v) is 3.27. The van der Waals surface area contributed by atoms with Crippen LogP contribution in [0.25, 0.3) is 0 Å². The first kappa shape index (κ1) is 16.9. The molecule has 0 saturated heterocycles. The van der Waals surface area contributed by atoms with Crippen LogP contribution in [0.1, 0.15) is 21.1 Å². The van der Waals surface area contributed by atoms with Crippen molar-refractivity contribution in [2.75, 3.05) is 5.32 Å². The fraction of sp³-hybridized carbons (Fsp3) is 0.111. The average Bonchev–Trinajstić information content (AvgIpc) is 2.99. The second-order valence-corrected chi connectivity index (χ2v) is 7.45. The van der Waals surface area contributed by atoms with Gasteiger partial charge in [-0.3, -0.25) is 4.79 Å². The summed E-state index contributed by atoms with van der Waals surface area (Å²) < 4.78 is 6.80. The van der Waals surface area contributed by atoms with Crippen molar-refractivity contribution < 1.29 is 9.53 Å². The summed E-state index contributed by atoms with van der Waals surface area (Å²) in [5, 5.41) is 5.88. The molecule has 0 spiro atoms. The van der Waals surface area contributed by atoms with Gasteiger partial charge in [-0.15, -0.1) is 11.3 Å². The molecule has 1 heterocycles. The molecule has 1 aromatic heterocycles. The number of aromatic nitrogens is 1. The molecule has 0 radical (unpaired) electrons. The van der Waals surface area contributed by atoms with Crippen LogP contribution in [-0.4, -0.2) is 10.9 Å². The second-order valence-electron chi connectivity index (χ2n) is 5.14. The lowest BCUT2D eigenvalue weighted by Gasteiger charge is -2.08.